The van der Waals surface area contributed by atoms with Crippen LogP contribution >= 0.6 is 11.8 Å². The first-order valence-electron chi connectivity index (χ1n) is 14.2. The fraction of sp³-hybridized carbons (Fsp3) is 0.303. The summed E-state index contributed by atoms with van der Waals surface area (Å²) >= 11 is 1.87. The predicted molar refractivity (Wildman–Crippen MR) is 167 cm³/mol. The van der Waals surface area contributed by atoms with E-state index in [1.165, 1.54) is 23.3 Å². The highest BCUT2D eigenvalue weighted by molar-refractivity contribution is 8.13. The van der Waals surface area contributed by atoms with E-state index in [0.717, 1.165) is 67.8 Å². The number of aliphatic carboxylic acids is 2. The molecule has 3 aromatic carbocycles. The summed E-state index contributed by atoms with van der Waals surface area (Å²) in [4.78, 5) is 29.3. The van der Waals surface area contributed by atoms with E-state index < -0.39 is 11.9 Å². The van der Waals surface area contributed by atoms with Crippen LogP contribution in [-0.4, -0.2) is 69.4 Å². The summed E-state index contributed by atoms with van der Waals surface area (Å²) in [6.45, 7) is 4.74. The molecule has 2 aliphatic rings. The number of halogens is 1. The lowest BCUT2D eigenvalue weighted by atomic mass is 10.0. The van der Waals surface area contributed by atoms with Crippen LogP contribution in [0.1, 0.15) is 30.4 Å². The minimum atomic E-state index is -1.26. The topological polar surface area (TPSA) is 103 Å². The number of hydrogen-bond acceptors (Lipinski definition) is 7. The molecule has 0 amide bonds. The maximum absolute atomic E-state index is 13.0. The van der Waals surface area contributed by atoms with E-state index in [1.54, 1.807) is 12.1 Å². The van der Waals surface area contributed by atoms with Crippen molar-refractivity contribution >= 4 is 34.6 Å². The fourth-order valence-electron chi connectivity index (χ4n) is 4.91. The number of carbonyl (C=O) groups is 2. The van der Waals surface area contributed by atoms with Gasteiger partial charge in [-0.25, -0.2) is 19.0 Å². The van der Waals surface area contributed by atoms with Crippen LogP contribution in [0, 0.1) is 5.82 Å². The van der Waals surface area contributed by atoms with E-state index in [-0.39, 0.29) is 5.82 Å². The number of piperidine rings is 1. The normalized spacial score (nSPS) is 15.1. The van der Waals surface area contributed by atoms with Crippen LogP contribution in [-0.2, 0) is 21.9 Å². The SMILES string of the molecule is Fc1ccc(OCCCN2CCC(N(Cc3ccccc3)C3=Nc4ccccc4CS3)CC2)cc1.O=C(O)/C=C\C(=O)O. The summed E-state index contributed by atoms with van der Waals surface area (Å²) in [6, 6.07) is 26.0. The van der Waals surface area contributed by atoms with Crippen molar-refractivity contribution < 1.29 is 28.9 Å². The lowest BCUT2D eigenvalue weighted by molar-refractivity contribution is -0.134. The molecule has 3 aromatic rings. The first-order chi connectivity index (χ1) is 20.9. The Bertz CT molecular complexity index is 1380. The van der Waals surface area contributed by atoms with E-state index in [9.17, 15) is 14.0 Å². The number of fused-ring (bicyclic) bond motifs is 1. The minimum Gasteiger partial charge on any atom is -0.494 e. The highest BCUT2D eigenvalue weighted by atomic mass is 32.2. The molecule has 1 fully saturated rings. The molecule has 0 spiro atoms. The summed E-state index contributed by atoms with van der Waals surface area (Å²) in [5, 5.41) is 16.8. The zero-order valence-electron chi connectivity index (χ0n) is 23.8. The van der Waals surface area contributed by atoms with Crippen LogP contribution in [0.3, 0.4) is 0 Å². The zero-order chi connectivity index (χ0) is 30.4. The van der Waals surface area contributed by atoms with Crippen LogP contribution in [0.15, 0.2) is 96.0 Å². The number of ether oxygens (including phenoxy) is 1. The second-order valence-corrected chi connectivity index (χ2v) is 11.1. The number of para-hydroxylation sites is 1. The van der Waals surface area contributed by atoms with E-state index in [4.69, 9.17) is 19.9 Å². The van der Waals surface area contributed by atoms with Gasteiger partial charge < -0.3 is 24.7 Å². The Morgan fingerprint density at radius 1 is 0.953 bits per heavy atom. The van der Waals surface area contributed by atoms with Crippen molar-refractivity contribution in [1.82, 2.24) is 9.80 Å². The smallest absolute Gasteiger partial charge is 0.328 e. The number of carboxylic acid groups (broad SMARTS) is 2. The van der Waals surface area contributed by atoms with E-state index in [1.807, 2.05) is 11.8 Å². The largest absolute Gasteiger partial charge is 0.494 e. The Morgan fingerprint density at radius 3 is 2.28 bits per heavy atom. The molecule has 10 heteroatoms. The maximum Gasteiger partial charge on any atom is 0.328 e. The summed E-state index contributed by atoms with van der Waals surface area (Å²) in [5.41, 5.74) is 3.76. The van der Waals surface area contributed by atoms with Crippen molar-refractivity contribution in [2.45, 2.75) is 37.6 Å². The molecule has 8 nitrogen and oxygen atoms in total. The van der Waals surface area contributed by atoms with Gasteiger partial charge in [-0.15, -0.1) is 0 Å². The van der Waals surface area contributed by atoms with Crippen LogP contribution in [0.5, 0.6) is 5.75 Å². The van der Waals surface area contributed by atoms with Crippen molar-refractivity contribution in [3.05, 3.63) is 108 Å². The third-order valence-corrected chi connectivity index (χ3v) is 8.11. The quantitative estimate of drug-likeness (QED) is 0.208. The molecule has 2 heterocycles. The molecule has 0 aliphatic carbocycles. The van der Waals surface area contributed by atoms with E-state index >= 15 is 0 Å². The van der Waals surface area contributed by atoms with Gasteiger partial charge in [0.25, 0.3) is 0 Å². The average molecular weight is 606 g/mol. The summed E-state index contributed by atoms with van der Waals surface area (Å²) in [6.07, 6.45) is 4.35. The van der Waals surface area contributed by atoms with Crippen molar-refractivity contribution in [3.63, 3.8) is 0 Å². The van der Waals surface area contributed by atoms with Crippen molar-refractivity contribution in [2.75, 3.05) is 26.2 Å². The van der Waals surface area contributed by atoms with Crippen LogP contribution in [0.25, 0.3) is 0 Å². The Morgan fingerprint density at radius 2 is 1.60 bits per heavy atom. The molecule has 226 valence electrons. The van der Waals surface area contributed by atoms with Gasteiger partial charge in [-0.3, -0.25) is 0 Å². The van der Waals surface area contributed by atoms with Crippen LogP contribution in [0.2, 0.25) is 0 Å². The lowest BCUT2D eigenvalue weighted by Crippen LogP contribution is -2.46. The molecular formula is C33H36FN3O5S. The Kier molecular flexibility index (Phi) is 12.2. The number of thioether (sulfide) groups is 1. The highest BCUT2D eigenvalue weighted by Gasteiger charge is 2.28. The fourth-order valence-corrected chi connectivity index (χ4v) is 5.98. The molecule has 5 rings (SSSR count). The van der Waals surface area contributed by atoms with Crippen molar-refractivity contribution in [2.24, 2.45) is 4.99 Å². The lowest BCUT2D eigenvalue weighted by Gasteiger charge is -2.40. The highest BCUT2D eigenvalue weighted by Crippen LogP contribution is 2.34. The van der Waals surface area contributed by atoms with Crippen molar-refractivity contribution in [3.8, 4) is 5.75 Å². The van der Waals surface area contributed by atoms with Crippen LogP contribution < -0.4 is 4.74 Å². The van der Waals surface area contributed by atoms with Gasteiger partial charge in [-0.1, -0.05) is 60.3 Å². The molecule has 0 atom stereocenters. The molecule has 1 saturated heterocycles. The molecular weight excluding hydrogens is 569 g/mol. The van der Waals surface area contributed by atoms with Gasteiger partial charge >= 0.3 is 11.9 Å². The molecule has 43 heavy (non-hydrogen) atoms. The van der Waals surface area contributed by atoms with Gasteiger partial charge in [0.1, 0.15) is 11.6 Å². The molecule has 2 aliphatic heterocycles. The van der Waals surface area contributed by atoms with E-state index in [0.29, 0.717) is 24.8 Å². The van der Waals surface area contributed by atoms with Gasteiger partial charge in [0, 0.05) is 50.1 Å². The molecule has 0 unspecified atom stereocenters. The number of benzene rings is 3. The number of amidine groups is 1. The number of aliphatic imine (C=N–C) groups is 1. The first-order valence-corrected chi connectivity index (χ1v) is 15.2. The molecule has 2 N–H and O–H groups in total. The number of likely N-dealkylation sites (tertiary alicyclic amines) is 1. The second-order valence-electron chi connectivity index (χ2n) is 10.2. The number of nitrogens with zero attached hydrogens (tertiary/aromatic N) is 3. The number of hydrogen-bond donors (Lipinski definition) is 2. The Balaban J connectivity index is 0.000000467. The third-order valence-electron chi connectivity index (χ3n) is 7.07. The van der Waals surface area contributed by atoms with Gasteiger partial charge in [-0.2, -0.15) is 0 Å². The number of carboxylic acids is 2. The molecule has 0 bridgehead atoms. The monoisotopic (exact) mass is 605 g/mol. The molecule has 0 saturated carbocycles. The standard InChI is InChI=1S/C29H32FN3OS.C4H4O4/c30-25-11-13-27(14-12-25)34-20-6-17-32-18-15-26(16-19-32)33(21-23-7-2-1-3-8-23)29-31-28-10-5-4-9-24(28)22-35-29;5-3(6)1-2-4(7)8/h1-5,7-14,26H,6,15-22H2;1-2H,(H,5,6)(H,7,8)/b;2-1-. The first kappa shape index (κ1) is 31.8. The van der Waals surface area contributed by atoms with Crippen molar-refractivity contribution in [1.29, 1.82) is 0 Å². The Hall–Kier alpha value is -4.15. The van der Waals surface area contributed by atoms with Gasteiger partial charge in [0.05, 0.1) is 12.3 Å². The Labute approximate surface area is 255 Å². The molecule has 0 aromatic heterocycles. The predicted octanol–water partition coefficient (Wildman–Crippen LogP) is 6.21. The summed E-state index contributed by atoms with van der Waals surface area (Å²) in [5.74, 6) is -1.04. The van der Waals surface area contributed by atoms with Crippen LogP contribution in [0.4, 0.5) is 10.1 Å². The maximum atomic E-state index is 13.0. The summed E-state index contributed by atoms with van der Waals surface area (Å²) < 4.78 is 18.8. The minimum absolute atomic E-state index is 0.233. The van der Waals surface area contributed by atoms with Gasteiger partial charge in [-0.05, 0) is 60.7 Å². The number of rotatable bonds is 10. The molecule has 0 radical (unpaired) electrons. The van der Waals surface area contributed by atoms with Gasteiger partial charge in [0.15, 0.2) is 5.17 Å². The average Bonchev–Trinajstić information content (AvgIpc) is 3.03. The third kappa shape index (κ3) is 10.6. The van der Waals surface area contributed by atoms with Gasteiger partial charge in [0.2, 0.25) is 0 Å². The zero-order valence-corrected chi connectivity index (χ0v) is 24.7. The van der Waals surface area contributed by atoms with E-state index in [2.05, 4.69) is 64.4 Å². The summed E-state index contributed by atoms with van der Waals surface area (Å²) in [7, 11) is 0. The second kappa shape index (κ2) is 16.5.